The topological polar surface area (TPSA) is 63.4 Å². The van der Waals surface area contributed by atoms with E-state index in [0.717, 1.165) is 11.1 Å². The summed E-state index contributed by atoms with van der Waals surface area (Å²) in [5.41, 5.74) is 8.15. The van der Waals surface area contributed by atoms with Crippen LogP contribution in [0.4, 0.5) is 0 Å². The largest absolute Gasteiger partial charge is 0.368 e. The average Bonchev–Trinajstić information content (AvgIpc) is 2.56. The molecule has 2 aromatic rings. The SMILES string of the molecule is NC(=O)[C@@H]1Cc2ccccc2CN1C(=O)Cc1c(Cl)cccc1Cl. The number of nitrogens with two attached hydrogens (primary N) is 1. The van der Waals surface area contributed by atoms with Gasteiger partial charge in [-0.2, -0.15) is 0 Å². The van der Waals surface area contributed by atoms with Gasteiger partial charge in [0.15, 0.2) is 0 Å². The molecule has 0 saturated carbocycles. The molecule has 0 bridgehead atoms. The first-order chi connectivity index (χ1) is 11.5. The average molecular weight is 363 g/mol. The standard InChI is InChI=1S/C18H16Cl2N2O2/c19-14-6-3-7-15(20)13(14)9-17(23)22-10-12-5-2-1-4-11(12)8-16(22)18(21)24/h1-7,16H,8-10H2,(H2,21,24)/t16-/m0/s1. The molecule has 0 radical (unpaired) electrons. The second kappa shape index (κ2) is 6.83. The summed E-state index contributed by atoms with van der Waals surface area (Å²) < 4.78 is 0. The highest BCUT2D eigenvalue weighted by Gasteiger charge is 2.33. The Kier molecular flexibility index (Phi) is 4.78. The van der Waals surface area contributed by atoms with Gasteiger partial charge in [-0.15, -0.1) is 0 Å². The van der Waals surface area contributed by atoms with Gasteiger partial charge in [-0.1, -0.05) is 53.5 Å². The van der Waals surface area contributed by atoms with Gasteiger partial charge in [-0.05, 0) is 28.8 Å². The van der Waals surface area contributed by atoms with E-state index in [1.807, 2.05) is 24.3 Å². The molecule has 0 aromatic heterocycles. The number of carbonyl (C=O) groups is 2. The van der Waals surface area contributed by atoms with Crippen molar-refractivity contribution in [2.24, 2.45) is 5.73 Å². The molecular formula is C18H16Cl2N2O2. The van der Waals surface area contributed by atoms with Crippen LogP contribution in [0.15, 0.2) is 42.5 Å². The van der Waals surface area contributed by atoms with Crippen molar-refractivity contribution in [2.45, 2.75) is 25.4 Å². The smallest absolute Gasteiger partial charge is 0.240 e. The van der Waals surface area contributed by atoms with E-state index in [1.165, 1.54) is 4.90 Å². The molecule has 0 aliphatic carbocycles. The highest BCUT2D eigenvalue weighted by Crippen LogP contribution is 2.28. The van der Waals surface area contributed by atoms with Gasteiger partial charge in [0, 0.05) is 23.0 Å². The first kappa shape index (κ1) is 16.8. The van der Waals surface area contributed by atoms with Crippen LogP contribution >= 0.6 is 23.2 Å². The Labute approximate surface area is 150 Å². The van der Waals surface area contributed by atoms with Crippen LogP contribution < -0.4 is 5.73 Å². The van der Waals surface area contributed by atoms with Crippen molar-refractivity contribution >= 4 is 35.0 Å². The Balaban J connectivity index is 1.89. The van der Waals surface area contributed by atoms with Crippen LogP contribution in [0.3, 0.4) is 0 Å². The van der Waals surface area contributed by atoms with Crippen LogP contribution in [0, 0.1) is 0 Å². The molecule has 1 aliphatic heterocycles. The normalized spacial score (nSPS) is 16.6. The lowest BCUT2D eigenvalue weighted by Gasteiger charge is -2.35. The molecule has 0 fully saturated rings. The maximum atomic E-state index is 12.8. The van der Waals surface area contributed by atoms with E-state index in [0.29, 0.717) is 28.6 Å². The predicted octanol–water partition coefficient (Wildman–Crippen LogP) is 2.97. The minimum absolute atomic E-state index is 0.0322. The summed E-state index contributed by atoms with van der Waals surface area (Å²) in [7, 11) is 0. The summed E-state index contributed by atoms with van der Waals surface area (Å²) in [6, 6.07) is 12.2. The van der Waals surface area contributed by atoms with Crippen LogP contribution in [-0.2, 0) is 29.0 Å². The molecule has 2 aromatic carbocycles. The van der Waals surface area contributed by atoms with Crippen LogP contribution in [0.2, 0.25) is 10.0 Å². The van der Waals surface area contributed by atoms with Crippen molar-refractivity contribution in [3.8, 4) is 0 Å². The Morgan fingerprint density at radius 2 is 1.67 bits per heavy atom. The third kappa shape index (κ3) is 3.25. The van der Waals surface area contributed by atoms with Crippen LogP contribution in [0.5, 0.6) is 0 Å². The lowest BCUT2D eigenvalue weighted by atomic mass is 9.93. The number of hydrogen-bond acceptors (Lipinski definition) is 2. The fraction of sp³-hybridized carbons (Fsp3) is 0.222. The third-order valence-corrected chi connectivity index (χ3v) is 5.00. The first-order valence-electron chi connectivity index (χ1n) is 7.56. The number of primary amides is 1. The molecule has 24 heavy (non-hydrogen) atoms. The molecular weight excluding hydrogens is 347 g/mol. The quantitative estimate of drug-likeness (QED) is 0.911. The Hall–Kier alpha value is -2.04. The van der Waals surface area contributed by atoms with E-state index in [4.69, 9.17) is 28.9 Å². The fourth-order valence-corrected chi connectivity index (χ4v) is 3.52. The van der Waals surface area contributed by atoms with E-state index in [1.54, 1.807) is 18.2 Å². The van der Waals surface area contributed by atoms with E-state index < -0.39 is 11.9 Å². The van der Waals surface area contributed by atoms with Gasteiger partial charge in [-0.25, -0.2) is 0 Å². The Bertz CT molecular complexity index is 787. The third-order valence-electron chi connectivity index (χ3n) is 4.29. The maximum absolute atomic E-state index is 12.8. The lowest BCUT2D eigenvalue weighted by Crippen LogP contribution is -2.51. The Morgan fingerprint density at radius 3 is 2.29 bits per heavy atom. The number of halogens is 2. The van der Waals surface area contributed by atoms with Crippen molar-refractivity contribution < 1.29 is 9.59 Å². The van der Waals surface area contributed by atoms with Gasteiger partial charge in [0.05, 0.1) is 6.42 Å². The molecule has 4 nitrogen and oxygen atoms in total. The number of hydrogen-bond donors (Lipinski definition) is 1. The molecule has 6 heteroatoms. The van der Waals surface area contributed by atoms with Crippen LogP contribution in [0.25, 0.3) is 0 Å². The first-order valence-corrected chi connectivity index (χ1v) is 8.31. The highest BCUT2D eigenvalue weighted by atomic mass is 35.5. The molecule has 124 valence electrons. The zero-order valence-electron chi connectivity index (χ0n) is 12.8. The maximum Gasteiger partial charge on any atom is 0.240 e. The second-order valence-corrected chi connectivity index (χ2v) is 6.60. The van der Waals surface area contributed by atoms with Gasteiger partial charge in [0.1, 0.15) is 6.04 Å². The summed E-state index contributed by atoms with van der Waals surface area (Å²) in [6.07, 6.45) is 0.456. The van der Waals surface area contributed by atoms with Gasteiger partial charge < -0.3 is 10.6 Å². The number of fused-ring (bicyclic) bond motifs is 1. The van der Waals surface area contributed by atoms with Crippen molar-refractivity contribution in [1.29, 1.82) is 0 Å². The zero-order valence-corrected chi connectivity index (χ0v) is 14.3. The molecule has 0 spiro atoms. The highest BCUT2D eigenvalue weighted by molar-refractivity contribution is 6.36. The molecule has 1 aliphatic rings. The molecule has 3 rings (SSSR count). The van der Waals surface area contributed by atoms with Gasteiger partial charge in [0.2, 0.25) is 11.8 Å². The minimum Gasteiger partial charge on any atom is -0.368 e. The second-order valence-electron chi connectivity index (χ2n) is 5.79. The van der Waals surface area contributed by atoms with Gasteiger partial charge in [0.25, 0.3) is 0 Å². The van der Waals surface area contributed by atoms with Crippen molar-refractivity contribution in [2.75, 3.05) is 0 Å². The van der Waals surface area contributed by atoms with Gasteiger partial charge in [-0.3, -0.25) is 9.59 Å². The van der Waals surface area contributed by atoms with Crippen LogP contribution in [0.1, 0.15) is 16.7 Å². The monoisotopic (exact) mass is 362 g/mol. The number of benzene rings is 2. The summed E-state index contributed by atoms with van der Waals surface area (Å²) in [4.78, 5) is 26.2. The number of nitrogens with zero attached hydrogens (tertiary/aromatic N) is 1. The predicted molar refractivity (Wildman–Crippen MR) is 93.8 cm³/mol. The molecule has 1 atom stereocenters. The number of carbonyl (C=O) groups excluding carboxylic acids is 2. The molecule has 2 N–H and O–H groups in total. The minimum atomic E-state index is -0.659. The summed E-state index contributed by atoms with van der Waals surface area (Å²) in [5.74, 6) is -0.730. The Morgan fingerprint density at radius 1 is 1.04 bits per heavy atom. The van der Waals surface area contributed by atoms with E-state index >= 15 is 0 Å². The zero-order chi connectivity index (χ0) is 17.3. The van der Waals surface area contributed by atoms with Crippen LogP contribution in [-0.4, -0.2) is 22.8 Å². The molecule has 1 heterocycles. The van der Waals surface area contributed by atoms with Gasteiger partial charge >= 0.3 is 0 Å². The molecule has 0 saturated heterocycles. The molecule has 0 unspecified atom stereocenters. The lowest BCUT2D eigenvalue weighted by molar-refractivity contribution is -0.140. The van der Waals surface area contributed by atoms with Crippen molar-refractivity contribution in [3.05, 3.63) is 69.2 Å². The number of amides is 2. The van der Waals surface area contributed by atoms with E-state index in [9.17, 15) is 9.59 Å². The fourth-order valence-electron chi connectivity index (χ4n) is 2.99. The summed E-state index contributed by atoms with van der Waals surface area (Å²) in [6.45, 7) is 0.352. The summed E-state index contributed by atoms with van der Waals surface area (Å²) in [5, 5.41) is 0.868. The summed E-state index contributed by atoms with van der Waals surface area (Å²) >= 11 is 12.3. The molecule has 2 amide bonds. The van der Waals surface area contributed by atoms with E-state index in [2.05, 4.69) is 0 Å². The number of rotatable bonds is 3. The van der Waals surface area contributed by atoms with Crippen molar-refractivity contribution in [1.82, 2.24) is 4.90 Å². The van der Waals surface area contributed by atoms with Crippen molar-refractivity contribution in [3.63, 3.8) is 0 Å². The van der Waals surface area contributed by atoms with E-state index in [-0.39, 0.29) is 12.3 Å².